The number of rotatable bonds is 6. The summed E-state index contributed by atoms with van der Waals surface area (Å²) in [4.78, 5) is 4.19. The molecule has 0 fully saturated rings. The summed E-state index contributed by atoms with van der Waals surface area (Å²) < 4.78 is 1.97. The van der Waals surface area contributed by atoms with Crippen LogP contribution < -0.4 is 10.6 Å². The van der Waals surface area contributed by atoms with Crippen molar-refractivity contribution < 1.29 is 0 Å². The van der Waals surface area contributed by atoms with Crippen molar-refractivity contribution in [1.29, 1.82) is 0 Å². The van der Waals surface area contributed by atoms with E-state index in [4.69, 9.17) is 0 Å². The summed E-state index contributed by atoms with van der Waals surface area (Å²) in [5, 5.41) is 14.7. The molecule has 6 nitrogen and oxygen atoms in total. The summed E-state index contributed by atoms with van der Waals surface area (Å²) in [6.07, 6.45) is 2.38. The van der Waals surface area contributed by atoms with Crippen LogP contribution in [0, 0.1) is 12.8 Å². The molecule has 0 spiro atoms. The van der Waals surface area contributed by atoms with Gasteiger partial charge in [0.15, 0.2) is 11.8 Å². The second kappa shape index (κ2) is 7.76. The number of hydrogen-bond acceptors (Lipinski definition) is 3. The predicted octanol–water partition coefficient (Wildman–Crippen LogP) is 1.22. The van der Waals surface area contributed by atoms with Gasteiger partial charge in [0, 0.05) is 20.6 Å². The minimum Gasteiger partial charge on any atom is -0.356 e. The van der Waals surface area contributed by atoms with Crippen LogP contribution in [0.25, 0.3) is 0 Å². The Labute approximate surface area is 115 Å². The van der Waals surface area contributed by atoms with Gasteiger partial charge in [0.25, 0.3) is 0 Å². The van der Waals surface area contributed by atoms with E-state index in [2.05, 4.69) is 39.7 Å². The third-order valence-corrected chi connectivity index (χ3v) is 3.07. The minimum absolute atomic E-state index is 0.626. The van der Waals surface area contributed by atoms with E-state index >= 15 is 0 Å². The Bertz CT molecular complexity index is 407. The van der Waals surface area contributed by atoms with Crippen molar-refractivity contribution in [3.05, 3.63) is 11.6 Å². The van der Waals surface area contributed by atoms with Crippen molar-refractivity contribution in [1.82, 2.24) is 25.4 Å². The van der Waals surface area contributed by atoms with Crippen LogP contribution in [0.1, 0.15) is 38.3 Å². The van der Waals surface area contributed by atoms with E-state index in [0.717, 1.165) is 36.5 Å². The zero-order valence-electron chi connectivity index (χ0n) is 12.7. The van der Waals surface area contributed by atoms with Gasteiger partial charge in [-0.1, -0.05) is 13.8 Å². The molecule has 1 rings (SSSR count). The Hall–Kier alpha value is -1.59. The van der Waals surface area contributed by atoms with E-state index < -0.39 is 0 Å². The normalized spacial score (nSPS) is 12.0. The Balaban J connectivity index is 2.31. The number of hydrogen-bond donors (Lipinski definition) is 2. The highest BCUT2D eigenvalue weighted by Crippen LogP contribution is 2.01. The van der Waals surface area contributed by atoms with Gasteiger partial charge in [-0.2, -0.15) is 0 Å². The van der Waals surface area contributed by atoms with Crippen molar-refractivity contribution in [3.63, 3.8) is 0 Å². The SMILES string of the molecule is CN=C(NCCCC(C)C)NCc1nnc(C)n1C. The highest BCUT2D eigenvalue weighted by molar-refractivity contribution is 5.79. The minimum atomic E-state index is 0.626. The highest BCUT2D eigenvalue weighted by atomic mass is 15.3. The first-order valence-corrected chi connectivity index (χ1v) is 6.84. The summed E-state index contributed by atoms with van der Waals surface area (Å²) in [6, 6.07) is 0. The van der Waals surface area contributed by atoms with Crippen molar-refractivity contribution in [2.45, 2.75) is 40.2 Å². The lowest BCUT2D eigenvalue weighted by Gasteiger charge is -2.12. The molecule has 0 aliphatic carbocycles. The lowest BCUT2D eigenvalue weighted by Crippen LogP contribution is -2.37. The molecule has 19 heavy (non-hydrogen) atoms. The molecule has 0 amide bonds. The van der Waals surface area contributed by atoms with Gasteiger partial charge in [0.2, 0.25) is 0 Å². The third-order valence-electron chi connectivity index (χ3n) is 3.07. The molecule has 0 saturated heterocycles. The summed E-state index contributed by atoms with van der Waals surface area (Å²) in [5.74, 6) is 3.38. The van der Waals surface area contributed by atoms with E-state index in [9.17, 15) is 0 Å². The molecule has 1 aromatic rings. The van der Waals surface area contributed by atoms with Crippen LogP contribution in [0.2, 0.25) is 0 Å². The molecule has 0 radical (unpaired) electrons. The van der Waals surface area contributed by atoms with Gasteiger partial charge in [0.05, 0.1) is 6.54 Å². The number of nitrogens with one attached hydrogen (secondary N) is 2. The van der Waals surface area contributed by atoms with Gasteiger partial charge in [-0.15, -0.1) is 10.2 Å². The fourth-order valence-electron chi connectivity index (χ4n) is 1.71. The molecular weight excluding hydrogens is 240 g/mol. The molecule has 1 heterocycles. The van der Waals surface area contributed by atoms with Crippen molar-refractivity contribution in [2.24, 2.45) is 18.0 Å². The Morgan fingerprint density at radius 2 is 2.05 bits per heavy atom. The smallest absolute Gasteiger partial charge is 0.191 e. The molecule has 0 atom stereocenters. The standard InChI is InChI=1S/C13H26N6/c1-10(2)7-6-8-15-13(14-4)16-9-12-18-17-11(3)19(12)5/h10H,6-9H2,1-5H3,(H2,14,15,16). The third kappa shape index (κ3) is 5.28. The monoisotopic (exact) mass is 266 g/mol. The van der Waals surface area contributed by atoms with Crippen LogP contribution in [0.15, 0.2) is 4.99 Å². The molecule has 108 valence electrons. The van der Waals surface area contributed by atoms with E-state index in [1.165, 1.54) is 6.42 Å². The molecule has 0 saturated carbocycles. The van der Waals surface area contributed by atoms with E-state index in [-0.39, 0.29) is 0 Å². The molecule has 0 aromatic carbocycles. The fourth-order valence-corrected chi connectivity index (χ4v) is 1.71. The van der Waals surface area contributed by atoms with Gasteiger partial charge in [-0.05, 0) is 25.7 Å². The van der Waals surface area contributed by atoms with Gasteiger partial charge < -0.3 is 15.2 Å². The van der Waals surface area contributed by atoms with Crippen molar-refractivity contribution in [3.8, 4) is 0 Å². The first-order valence-electron chi connectivity index (χ1n) is 6.84. The number of aliphatic imine (C=N–C) groups is 1. The molecule has 0 aliphatic rings. The average molecular weight is 266 g/mol. The fraction of sp³-hybridized carbons (Fsp3) is 0.769. The first-order chi connectivity index (χ1) is 9.04. The Morgan fingerprint density at radius 1 is 1.32 bits per heavy atom. The molecular formula is C13H26N6. The topological polar surface area (TPSA) is 67.1 Å². The number of aryl methyl sites for hydroxylation is 1. The van der Waals surface area contributed by atoms with Gasteiger partial charge >= 0.3 is 0 Å². The maximum Gasteiger partial charge on any atom is 0.191 e. The maximum absolute atomic E-state index is 4.19. The van der Waals surface area contributed by atoms with Gasteiger partial charge in [-0.25, -0.2) is 0 Å². The Kier molecular flexibility index (Phi) is 6.32. The van der Waals surface area contributed by atoms with Gasteiger partial charge in [0.1, 0.15) is 5.82 Å². The van der Waals surface area contributed by atoms with E-state index in [0.29, 0.717) is 6.54 Å². The van der Waals surface area contributed by atoms with Gasteiger partial charge in [-0.3, -0.25) is 4.99 Å². The lowest BCUT2D eigenvalue weighted by molar-refractivity contribution is 0.549. The number of nitrogens with zero attached hydrogens (tertiary/aromatic N) is 4. The van der Waals surface area contributed by atoms with Crippen LogP contribution in [-0.4, -0.2) is 34.3 Å². The van der Waals surface area contributed by atoms with Crippen LogP contribution in [-0.2, 0) is 13.6 Å². The Morgan fingerprint density at radius 3 is 2.58 bits per heavy atom. The zero-order chi connectivity index (χ0) is 14.3. The summed E-state index contributed by atoms with van der Waals surface area (Å²) >= 11 is 0. The maximum atomic E-state index is 4.19. The highest BCUT2D eigenvalue weighted by Gasteiger charge is 2.05. The van der Waals surface area contributed by atoms with Crippen molar-refractivity contribution >= 4 is 5.96 Å². The van der Waals surface area contributed by atoms with Crippen LogP contribution >= 0.6 is 0 Å². The molecule has 2 N–H and O–H groups in total. The average Bonchev–Trinajstić information content (AvgIpc) is 2.69. The largest absolute Gasteiger partial charge is 0.356 e. The van der Waals surface area contributed by atoms with E-state index in [1.807, 2.05) is 18.5 Å². The van der Waals surface area contributed by atoms with Crippen LogP contribution in [0.4, 0.5) is 0 Å². The lowest BCUT2D eigenvalue weighted by atomic mass is 10.1. The second-order valence-electron chi connectivity index (χ2n) is 5.11. The molecule has 0 unspecified atom stereocenters. The quantitative estimate of drug-likeness (QED) is 0.461. The molecule has 6 heteroatoms. The summed E-state index contributed by atoms with van der Waals surface area (Å²) in [7, 11) is 3.74. The zero-order valence-corrected chi connectivity index (χ0v) is 12.7. The number of guanidine groups is 1. The number of aromatic nitrogens is 3. The van der Waals surface area contributed by atoms with Crippen LogP contribution in [0.3, 0.4) is 0 Å². The van der Waals surface area contributed by atoms with E-state index in [1.54, 1.807) is 7.05 Å². The van der Waals surface area contributed by atoms with Crippen molar-refractivity contribution in [2.75, 3.05) is 13.6 Å². The summed E-state index contributed by atoms with van der Waals surface area (Å²) in [6.45, 7) is 7.99. The second-order valence-corrected chi connectivity index (χ2v) is 5.11. The first kappa shape index (κ1) is 15.5. The van der Waals surface area contributed by atoms with Crippen LogP contribution in [0.5, 0.6) is 0 Å². The molecule has 1 aromatic heterocycles. The molecule has 0 bridgehead atoms. The summed E-state index contributed by atoms with van der Waals surface area (Å²) in [5.41, 5.74) is 0. The predicted molar refractivity (Wildman–Crippen MR) is 78.0 cm³/mol. The molecule has 0 aliphatic heterocycles.